The number of phosphoric acid groups is 3. The van der Waals surface area contributed by atoms with Crippen LogP contribution in [0.15, 0.2) is 53.9 Å². The molecule has 8 rings (SSSR count). The van der Waals surface area contributed by atoms with Crippen LogP contribution in [-0.2, 0) is 46.5 Å². The van der Waals surface area contributed by atoms with Crippen LogP contribution >= 0.6 is 23.5 Å². The SMILES string of the molecule is CCN1c2cc3c(cc2C(C)=CC1(C)C)N=c1cc2c(cc1O3)=[N+](CCCC(=O)NCC#Cc1cn([C@H]3CC[C@@H](COP(=O)(O)OP(=O)(O)OP(=O)(O)O)O3)c3ncnc(N)c13)C(C)(C)C=C2CS(=O)(=O)[O-]. The number of fused-ring (bicyclic) bond motifs is 5. The number of rotatable bonds is 16. The molecule has 28 heteroatoms. The molecule has 2 aromatic heterocycles. The quantitative estimate of drug-likeness (QED) is 0.0348. The van der Waals surface area contributed by atoms with Crippen molar-refractivity contribution in [2.24, 2.45) is 4.99 Å². The molecule has 2 aromatic carbocycles. The summed E-state index contributed by atoms with van der Waals surface area (Å²) in [5, 5.41) is 4.31. The molecule has 1 amide bonds. The number of nitrogens with zero attached hydrogens (tertiary/aromatic N) is 6. The minimum absolute atomic E-state index is 0.0451. The maximum atomic E-state index is 13.2. The largest absolute Gasteiger partial charge is 0.748 e. The van der Waals surface area contributed by atoms with Gasteiger partial charge in [0.15, 0.2) is 17.0 Å². The fraction of sp³-hybridized carbons (Fsp3) is 0.432. The molecule has 1 saturated heterocycles. The summed E-state index contributed by atoms with van der Waals surface area (Å²) < 4.78 is 99.9. The number of nitrogens with one attached hydrogen (secondary N) is 1. The van der Waals surface area contributed by atoms with Gasteiger partial charge in [-0.25, -0.2) is 41.6 Å². The molecule has 7 N–H and O–H groups in total. The van der Waals surface area contributed by atoms with Crippen LogP contribution in [0.1, 0.15) is 90.1 Å². The minimum atomic E-state index is -5.69. The summed E-state index contributed by atoms with van der Waals surface area (Å²) in [5.74, 6) is 6.04. The minimum Gasteiger partial charge on any atom is -0.748 e. The van der Waals surface area contributed by atoms with Gasteiger partial charge in [0, 0.05) is 56.7 Å². The molecule has 4 atom stereocenters. The second-order valence-electron chi connectivity index (χ2n) is 18.6. The lowest BCUT2D eigenvalue weighted by Gasteiger charge is -2.43. The Kier molecular flexibility index (Phi) is 14.5. The van der Waals surface area contributed by atoms with E-state index in [9.17, 15) is 41.2 Å². The number of benzene rings is 2. The molecule has 4 aromatic rings. The van der Waals surface area contributed by atoms with Gasteiger partial charge in [0.05, 0.1) is 63.2 Å². The van der Waals surface area contributed by atoms with E-state index in [-0.39, 0.29) is 36.7 Å². The summed E-state index contributed by atoms with van der Waals surface area (Å²) in [6, 6.07) is 7.57. The van der Waals surface area contributed by atoms with Gasteiger partial charge in [-0.05, 0) is 69.9 Å². The van der Waals surface area contributed by atoms with Gasteiger partial charge in [0.2, 0.25) is 11.3 Å². The third-order valence-corrected chi connectivity index (χ3v) is 16.8. The average molecular weight is 1070 g/mol. The van der Waals surface area contributed by atoms with Gasteiger partial charge in [-0.2, -0.15) is 8.62 Å². The number of anilines is 2. The number of nitrogens with two attached hydrogens (primary N) is 1. The number of likely N-dealkylation sites (N-methyl/N-ethyl adjacent to an activating group) is 1. The number of hydrogen-bond donors (Lipinski definition) is 6. The predicted molar refractivity (Wildman–Crippen MR) is 261 cm³/mol. The van der Waals surface area contributed by atoms with Crippen LogP contribution in [0.25, 0.3) is 22.2 Å². The number of phosphoric ester groups is 1. The Morgan fingerprint density at radius 2 is 1.78 bits per heavy atom. The first-order valence-corrected chi connectivity index (χ1v) is 28.6. The second-order valence-corrected chi connectivity index (χ2v) is 24.4. The monoisotopic (exact) mass is 1070 g/mol. The summed E-state index contributed by atoms with van der Waals surface area (Å²) in [6.07, 6.45) is 6.35. The number of carbonyl (C=O) groups is 1. The Labute approximate surface area is 413 Å². The number of amides is 1. The Morgan fingerprint density at radius 3 is 2.49 bits per heavy atom. The van der Waals surface area contributed by atoms with E-state index >= 15 is 0 Å². The van der Waals surface area contributed by atoms with Gasteiger partial charge in [0.25, 0.3) is 0 Å². The first-order chi connectivity index (χ1) is 33.5. The molecule has 0 saturated carbocycles. The third kappa shape index (κ3) is 11.8. The zero-order valence-electron chi connectivity index (χ0n) is 39.8. The molecule has 72 heavy (non-hydrogen) atoms. The normalized spacial score (nSPS) is 20.5. The highest BCUT2D eigenvalue weighted by Gasteiger charge is 2.42. The number of nitrogen functional groups attached to an aromatic ring is 1. The van der Waals surface area contributed by atoms with Crippen molar-refractivity contribution in [1.82, 2.24) is 24.4 Å². The predicted octanol–water partition coefficient (Wildman–Crippen LogP) is 4.27. The zero-order chi connectivity index (χ0) is 52.3. The Balaban J connectivity index is 0.949. The van der Waals surface area contributed by atoms with Crippen molar-refractivity contribution in [3.05, 3.63) is 76.3 Å². The standard InChI is InChI=1S/C44H53N8O16P3S/c1-7-51-34-18-36-32(16-30(34)26(2)20-43(51,3)4)49-33-17-31-28(24-72(61,62)63)21-44(5,6)52(35(31)19-37(33)66-36)15-9-11-38(53)46-14-8-10-27-22-50(42-40(27)41(45)47-25-48-42)39-13-12-29(65-39)23-64-70(57,58)68-71(59,60)67-69(54,55)56/h16-22,25,29,39H,7,9,11-15,23-24H2,1-6H3,(H7-,45,46,47,48,53,54,55,56,57,58,59,60,61,62,63)/t29-,39+/m0/s1. The molecule has 4 aliphatic rings. The molecule has 4 aliphatic heterocycles. The van der Waals surface area contributed by atoms with E-state index < -0.39 is 63.8 Å². The van der Waals surface area contributed by atoms with Gasteiger partial charge in [-0.1, -0.05) is 17.9 Å². The van der Waals surface area contributed by atoms with Crippen LogP contribution in [-0.4, -0.2) is 102 Å². The molecule has 6 heterocycles. The van der Waals surface area contributed by atoms with Gasteiger partial charge >= 0.3 is 23.5 Å². The van der Waals surface area contributed by atoms with Crippen molar-refractivity contribution in [2.45, 2.75) is 90.6 Å². The van der Waals surface area contributed by atoms with E-state index in [1.165, 1.54) is 6.33 Å². The molecule has 386 valence electrons. The lowest BCUT2D eigenvalue weighted by atomic mass is 9.88. The van der Waals surface area contributed by atoms with Crippen molar-refractivity contribution in [3.63, 3.8) is 0 Å². The molecule has 0 radical (unpaired) electrons. The van der Waals surface area contributed by atoms with Gasteiger partial charge < -0.3 is 54.1 Å². The Bertz CT molecular complexity index is 3430. The van der Waals surface area contributed by atoms with Gasteiger partial charge in [0.1, 0.15) is 41.6 Å². The molecular formula is C44H53N8O16P3S. The van der Waals surface area contributed by atoms with Gasteiger partial charge in [-0.15, -0.1) is 0 Å². The summed E-state index contributed by atoms with van der Waals surface area (Å²) >= 11 is 0. The average Bonchev–Trinajstić information content (AvgIpc) is 3.87. The smallest absolute Gasteiger partial charge is 0.490 e. The van der Waals surface area contributed by atoms with E-state index in [1.54, 1.807) is 22.9 Å². The van der Waals surface area contributed by atoms with Crippen molar-refractivity contribution in [1.29, 1.82) is 0 Å². The highest BCUT2D eigenvalue weighted by Crippen LogP contribution is 2.66. The van der Waals surface area contributed by atoms with E-state index in [1.807, 2.05) is 36.6 Å². The number of allylic oxidation sites excluding steroid dienone is 1. The molecule has 24 nitrogen and oxygen atoms in total. The summed E-state index contributed by atoms with van der Waals surface area (Å²) in [5.41, 5.74) is 10.6. The summed E-state index contributed by atoms with van der Waals surface area (Å²) in [4.78, 5) is 65.7. The van der Waals surface area contributed by atoms with Crippen LogP contribution in [0.4, 0.5) is 17.2 Å². The topological polar surface area (TPSA) is 340 Å². The van der Waals surface area contributed by atoms with Crippen LogP contribution in [0, 0.1) is 11.8 Å². The maximum Gasteiger partial charge on any atom is 0.490 e. The third-order valence-electron chi connectivity index (χ3n) is 12.4. The zero-order valence-corrected chi connectivity index (χ0v) is 43.3. The van der Waals surface area contributed by atoms with Crippen LogP contribution in [0.5, 0.6) is 11.5 Å². The number of hydrogen-bond acceptors (Lipinski definition) is 17. The molecule has 1 fully saturated rings. The van der Waals surface area contributed by atoms with Crippen molar-refractivity contribution in [3.8, 4) is 23.3 Å². The Morgan fingerprint density at radius 1 is 1.03 bits per heavy atom. The van der Waals surface area contributed by atoms with Crippen LogP contribution in [0.3, 0.4) is 0 Å². The maximum absolute atomic E-state index is 13.2. The van der Waals surface area contributed by atoms with Crippen molar-refractivity contribution < 1.29 is 73.7 Å². The van der Waals surface area contributed by atoms with Crippen molar-refractivity contribution >= 4 is 78.9 Å². The number of carbonyl (C=O) groups excluding carboxylic acids is 1. The van der Waals surface area contributed by atoms with Crippen molar-refractivity contribution in [2.75, 3.05) is 42.6 Å². The fourth-order valence-electron chi connectivity index (χ4n) is 9.59. The van der Waals surface area contributed by atoms with E-state index in [0.717, 1.165) is 23.4 Å². The first kappa shape index (κ1) is 53.2. The summed E-state index contributed by atoms with van der Waals surface area (Å²) in [6.45, 7) is 12.7. The van der Waals surface area contributed by atoms with Crippen LogP contribution in [0.2, 0.25) is 0 Å². The van der Waals surface area contributed by atoms with E-state index in [0.29, 0.717) is 75.0 Å². The molecule has 0 aliphatic carbocycles. The highest BCUT2D eigenvalue weighted by molar-refractivity contribution is 7.86. The fourth-order valence-corrected chi connectivity index (χ4v) is 13.3. The highest BCUT2D eigenvalue weighted by atomic mass is 32.2. The second kappa shape index (κ2) is 19.6. The Hall–Kier alpha value is -5.15. The first-order valence-electron chi connectivity index (χ1n) is 22.5. The molecule has 2 unspecified atom stereocenters. The number of ether oxygens (including phenoxy) is 2. The summed E-state index contributed by atoms with van der Waals surface area (Å²) in [7, 11) is -21.3. The van der Waals surface area contributed by atoms with Gasteiger partial charge in [-0.3, -0.25) is 9.32 Å². The molecule has 0 bridgehead atoms. The molecular weight excluding hydrogens is 1020 g/mol. The number of aromatic nitrogens is 3. The molecule has 0 spiro atoms. The van der Waals surface area contributed by atoms with E-state index in [2.05, 4.69) is 74.4 Å². The lowest BCUT2D eigenvalue weighted by molar-refractivity contribution is -0.120. The van der Waals surface area contributed by atoms with E-state index in [4.69, 9.17) is 34.5 Å². The van der Waals surface area contributed by atoms with Crippen LogP contribution < -0.4 is 36.0 Å². The lowest BCUT2D eigenvalue weighted by Crippen LogP contribution is -2.50.